The number of rotatable bonds is 12. The van der Waals surface area contributed by atoms with Gasteiger partial charge in [0, 0.05) is 18.2 Å². The molecule has 0 heterocycles. The predicted molar refractivity (Wildman–Crippen MR) is 156 cm³/mol. The molecule has 214 valence electrons. The molecule has 3 aromatic carbocycles. The Morgan fingerprint density at radius 2 is 1.50 bits per heavy atom. The third-order valence-electron chi connectivity index (χ3n) is 7.00. The molecule has 40 heavy (non-hydrogen) atoms. The molecule has 2 amide bonds. The number of nitrogens with one attached hydrogen (secondary N) is 1. The maximum atomic E-state index is 14.7. The minimum Gasteiger partial charge on any atom is -0.352 e. The van der Waals surface area contributed by atoms with E-state index in [4.69, 9.17) is 0 Å². The van der Waals surface area contributed by atoms with Gasteiger partial charge in [-0.25, -0.2) is 12.8 Å². The number of amides is 2. The molecule has 0 aromatic heterocycles. The van der Waals surface area contributed by atoms with E-state index in [9.17, 15) is 22.4 Å². The van der Waals surface area contributed by atoms with Gasteiger partial charge in [-0.3, -0.25) is 13.9 Å². The highest BCUT2D eigenvalue weighted by Crippen LogP contribution is 2.28. The monoisotopic (exact) mass is 567 g/mol. The van der Waals surface area contributed by atoms with Gasteiger partial charge in [-0.2, -0.15) is 0 Å². The van der Waals surface area contributed by atoms with Crippen molar-refractivity contribution in [3.05, 3.63) is 95.3 Å². The number of carbonyl (C=O) groups is 2. The van der Waals surface area contributed by atoms with E-state index in [-0.39, 0.29) is 23.0 Å². The average Bonchev–Trinajstić information content (AvgIpc) is 2.95. The molecule has 0 bridgehead atoms. The smallest absolute Gasteiger partial charge is 0.264 e. The number of para-hydroxylation sites is 1. The van der Waals surface area contributed by atoms with Crippen molar-refractivity contribution >= 4 is 27.5 Å². The van der Waals surface area contributed by atoms with Crippen LogP contribution in [0.1, 0.15) is 50.8 Å². The fourth-order valence-corrected chi connectivity index (χ4v) is 5.71. The van der Waals surface area contributed by atoms with Gasteiger partial charge in [-0.15, -0.1) is 0 Å². The van der Waals surface area contributed by atoms with Gasteiger partial charge >= 0.3 is 0 Å². The molecule has 3 aromatic rings. The van der Waals surface area contributed by atoms with Crippen LogP contribution in [0.2, 0.25) is 0 Å². The maximum absolute atomic E-state index is 14.7. The second kappa shape index (κ2) is 13.6. The van der Waals surface area contributed by atoms with Gasteiger partial charge in [-0.05, 0) is 63.4 Å². The first-order valence-corrected chi connectivity index (χ1v) is 14.9. The number of anilines is 1. The number of benzene rings is 3. The largest absolute Gasteiger partial charge is 0.352 e. The summed E-state index contributed by atoms with van der Waals surface area (Å²) in [6.45, 7) is 8.34. The van der Waals surface area contributed by atoms with Gasteiger partial charge in [-0.1, -0.05) is 67.9 Å². The van der Waals surface area contributed by atoms with Crippen LogP contribution in [0, 0.1) is 12.7 Å². The molecule has 9 heteroatoms. The first kappa shape index (κ1) is 30.8. The van der Waals surface area contributed by atoms with Gasteiger partial charge in [0.25, 0.3) is 10.0 Å². The Labute approximate surface area is 237 Å². The molecule has 0 saturated carbocycles. The molecule has 0 aliphatic heterocycles. The van der Waals surface area contributed by atoms with E-state index in [1.54, 1.807) is 49.4 Å². The summed E-state index contributed by atoms with van der Waals surface area (Å²) in [5.74, 6) is -1.55. The topological polar surface area (TPSA) is 86.8 Å². The molecule has 0 unspecified atom stereocenters. The van der Waals surface area contributed by atoms with Gasteiger partial charge in [0.2, 0.25) is 11.8 Å². The van der Waals surface area contributed by atoms with Crippen LogP contribution >= 0.6 is 0 Å². The number of halogens is 1. The van der Waals surface area contributed by atoms with Crippen LogP contribution in [0.3, 0.4) is 0 Å². The SMILES string of the molecule is CCc1ccccc1N(CC(=O)N(Cc1ccccc1F)[C@H](C)C(=O)N[C@@H](C)CC)S(=O)(=O)c1ccc(C)cc1. The van der Waals surface area contributed by atoms with E-state index in [1.165, 1.54) is 23.1 Å². The molecule has 1 N–H and O–H groups in total. The van der Waals surface area contributed by atoms with Crippen LogP contribution in [0.5, 0.6) is 0 Å². The normalized spacial score (nSPS) is 12.8. The summed E-state index contributed by atoms with van der Waals surface area (Å²) >= 11 is 0. The minimum absolute atomic E-state index is 0.0417. The van der Waals surface area contributed by atoms with Crippen molar-refractivity contribution in [2.24, 2.45) is 0 Å². The first-order chi connectivity index (χ1) is 19.0. The van der Waals surface area contributed by atoms with Crippen molar-refractivity contribution < 1.29 is 22.4 Å². The molecular formula is C31H38FN3O4S. The Kier molecular flexibility index (Phi) is 10.5. The van der Waals surface area contributed by atoms with Crippen molar-refractivity contribution in [2.45, 2.75) is 71.0 Å². The van der Waals surface area contributed by atoms with Crippen LogP contribution < -0.4 is 9.62 Å². The lowest BCUT2D eigenvalue weighted by Gasteiger charge is -2.33. The Hall–Kier alpha value is -3.72. The van der Waals surface area contributed by atoms with Gasteiger partial charge in [0.05, 0.1) is 10.6 Å². The van der Waals surface area contributed by atoms with Crippen molar-refractivity contribution in [2.75, 3.05) is 10.8 Å². The lowest BCUT2D eigenvalue weighted by Crippen LogP contribution is -2.52. The van der Waals surface area contributed by atoms with Crippen molar-refractivity contribution in [3.63, 3.8) is 0 Å². The summed E-state index contributed by atoms with van der Waals surface area (Å²) in [6, 6.07) is 18.3. The molecule has 0 aliphatic rings. The van der Waals surface area contributed by atoms with Crippen LogP contribution in [0.15, 0.2) is 77.7 Å². The molecular weight excluding hydrogens is 529 g/mol. The van der Waals surface area contributed by atoms with E-state index < -0.39 is 40.2 Å². The van der Waals surface area contributed by atoms with Crippen molar-refractivity contribution in [3.8, 4) is 0 Å². The van der Waals surface area contributed by atoms with E-state index in [1.807, 2.05) is 39.8 Å². The van der Waals surface area contributed by atoms with Gasteiger partial charge < -0.3 is 10.2 Å². The van der Waals surface area contributed by atoms with Crippen molar-refractivity contribution in [1.82, 2.24) is 10.2 Å². The highest BCUT2D eigenvalue weighted by Gasteiger charge is 2.33. The summed E-state index contributed by atoms with van der Waals surface area (Å²) < 4.78 is 43.7. The fourth-order valence-electron chi connectivity index (χ4n) is 4.26. The van der Waals surface area contributed by atoms with Crippen molar-refractivity contribution in [1.29, 1.82) is 0 Å². The Bertz CT molecular complexity index is 1430. The standard InChI is InChI=1S/C31H38FN3O4S/c1-6-23(4)33-31(37)24(5)34(20-26-13-8-10-14-28(26)32)30(36)21-35(29-15-11-9-12-25(29)7-2)40(38,39)27-18-16-22(3)17-19-27/h8-19,23-24H,6-7,20-21H2,1-5H3,(H,33,37)/t23-,24+/m0/s1. The summed E-state index contributed by atoms with van der Waals surface area (Å²) in [7, 11) is -4.17. The predicted octanol–water partition coefficient (Wildman–Crippen LogP) is 5.22. The molecule has 3 rings (SSSR count). The highest BCUT2D eigenvalue weighted by molar-refractivity contribution is 7.92. The summed E-state index contributed by atoms with van der Waals surface area (Å²) in [6.07, 6.45) is 1.23. The van der Waals surface area contributed by atoms with E-state index >= 15 is 0 Å². The van der Waals surface area contributed by atoms with Gasteiger partial charge in [0.1, 0.15) is 18.4 Å². The van der Waals surface area contributed by atoms with E-state index in [0.717, 1.165) is 15.4 Å². The lowest BCUT2D eigenvalue weighted by atomic mass is 10.1. The number of hydrogen-bond donors (Lipinski definition) is 1. The average molecular weight is 568 g/mol. The van der Waals surface area contributed by atoms with Crippen LogP contribution in [-0.2, 0) is 32.6 Å². The number of carbonyl (C=O) groups excluding carboxylic acids is 2. The second-order valence-electron chi connectivity index (χ2n) is 9.91. The Morgan fingerprint density at radius 3 is 2.10 bits per heavy atom. The molecule has 0 spiro atoms. The zero-order chi connectivity index (χ0) is 29.4. The Morgan fingerprint density at radius 1 is 0.900 bits per heavy atom. The van der Waals surface area contributed by atoms with E-state index in [2.05, 4.69) is 5.32 Å². The third-order valence-corrected chi connectivity index (χ3v) is 8.77. The highest BCUT2D eigenvalue weighted by atomic mass is 32.2. The maximum Gasteiger partial charge on any atom is 0.264 e. The molecule has 0 radical (unpaired) electrons. The number of aryl methyl sites for hydroxylation is 2. The minimum atomic E-state index is -4.17. The summed E-state index contributed by atoms with van der Waals surface area (Å²) in [5, 5.41) is 2.87. The summed E-state index contributed by atoms with van der Waals surface area (Å²) in [5.41, 5.74) is 2.24. The lowest BCUT2D eigenvalue weighted by molar-refractivity contribution is -0.139. The van der Waals surface area contributed by atoms with Crippen LogP contribution in [-0.4, -0.2) is 43.8 Å². The number of sulfonamides is 1. The third kappa shape index (κ3) is 7.27. The second-order valence-corrected chi connectivity index (χ2v) is 11.8. The molecule has 2 atom stereocenters. The zero-order valence-corrected chi connectivity index (χ0v) is 24.5. The quantitative estimate of drug-likeness (QED) is 0.325. The number of hydrogen-bond acceptors (Lipinski definition) is 4. The molecule has 0 fully saturated rings. The fraction of sp³-hybridized carbons (Fsp3) is 0.355. The van der Waals surface area contributed by atoms with Gasteiger partial charge in [0.15, 0.2) is 0 Å². The van der Waals surface area contributed by atoms with E-state index in [0.29, 0.717) is 18.5 Å². The molecule has 0 saturated heterocycles. The molecule has 0 aliphatic carbocycles. The van der Waals surface area contributed by atoms with Crippen LogP contribution in [0.4, 0.5) is 10.1 Å². The summed E-state index contributed by atoms with van der Waals surface area (Å²) in [4.78, 5) is 28.4. The molecule has 7 nitrogen and oxygen atoms in total. The zero-order valence-electron chi connectivity index (χ0n) is 23.7. The Balaban J connectivity index is 2.07. The number of nitrogens with zero attached hydrogens (tertiary/aromatic N) is 2. The first-order valence-electron chi connectivity index (χ1n) is 13.5. The van der Waals surface area contributed by atoms with Crippen LogP contribution in [0.25, 0.3) is 0 Å².